The first-order valence-corrected chi connectivity index (χ1v) is 4.38. The Morgan fingerprint density at radius 1 is 1.00 bits per heavy atom. The lowest BCUT2D eigenvalue weighted by Crippen LogP contribution is -2.49. The van der Waals surface area contributed by atoms with Crippen molar-refractivity contribution in [2.45, 2.75) is 19.1 Å². The molecule has 0 fully saturated rings. The number of rotatable bonds is 7. The van der Waals surface area contributed by atoms with Gasteiger partial charge in [-0.25, -0.2) is 0 Å². The molecule has 0 aliphatic heterocycles. The summed E-state index contributed by atoms with van der Waals surface area (Å²) in [6, 6.07) is 0. The molecule has 0 radical (unpaired) electrons. The van der Waals surface area contributed by atoms with Crippen LogP contribution >= 0.6 is 0 Å². The van der Waals surface area contributed by atoms with Gasteiger partial charge in [-0.15, -0.1) is 0 Å². The molecule has 0 amide bonds. The standard InChI is InChI=1S/C8H19NO4/c1-8(13,2-5-10)9(3-6-11)4-7-12/h10-13H,2-7H2,1H3. The van der Waals surface area contributed by atoms with Crippen LogP contribution in [0.25, 0.3) is 0 Å². The maximum atomic E-state index is 9.78. The van der Waals surface area contributed by atoms with Crippen molar-refractivity contribution in [3.05, 3.63) is 0 Å². The first-order chi connectivity index (χ1) is 6.08. The normalized spacial score (nSPS) is 16.2. The van der Waals surface area contributed by atoms with Crippen molar-refractivity contribution >= 4 is 0 Å². The summed E-state index contributed by atoms with van der Waals surface area (Å²) in [5.41, 5.74) is -1.17. The van der Waals surface area contributed by atoms with Crippen LogP contribution in [0.5, 0.6) is 0 Å². The first kappa shape index (κ1) is 12.8. The molecule has 0 aromatic carbocycles. The Hall–Kier alpha value is -0.200. The Kier molecular flexibility index (Phi) is 6.19. The highest BCUT2D eigenvalue weighted by atomic mass is 16.3. The molecule has 0 spiro atoms. The summed E-state index contributed by atoms with van der Waals surface area (Å²) >= 11 is 0. The molecule has 1 unspecified atom stereocenters. The van der Waals surface area contributed by atoms with Crippen LogP contribution in [0.15, 0.2) is 0 Å². The lowest BCUT2D eigenvalue weighted by Gasteiger charge is -2.35. The summed E-state index contributed by atoms with van der Waals surface area (Å²) in [6.45, 7) is 1.83. The van der Waals surface area contributed by atoms with Crippen LogP contribution in [0.3, 0.4) is 0 Å². The lowest BCUT2D eigenvalue weighted by molar-refractivity contribution is -0.115. The molecule has 0 aliphatic rings. The van der Waals surface area contributed by atoms with E-state index in [-0.39, 0.29) is 39.3 Å². The van der Waals surface area contributed by atoms with Gasteiger partial charge in [0.25, 0.3) is 0 Å². The van der Waals surface area contributed by atoms with Gasteiger partial charge in [0, 0.05) is 26.1 Å². The molecule has 1 atom stereocenters. The smallest absolute Gasteiger partial charge is 0.118 e. The van der Waals surface area contributed by atoms with Crippen LogP contribution < -0.4 is 0 Å². The quantitative estimate of drug-likeness (QED) is 0.365. The predicted molar refractivity (Wildman–Crippen MR) is 48.1 cm³/mol. The van der Waals surface area contributed by atoms with Gasteiger partial charge in [0.05, 0.1) is 13.2 Å². The zero-order valence-electron chi connectivity index (χ0n) is 7.98. The minimum Gasteiger partial charge on any atom is -0.396 e. The van der Waals surface area contributed by atoms with E-state index in [0.717, 1.165) is 0 Å². The van der Waals surface area contributed by atoms with Crippen molar-refractivity contribution in [1.82, 2.24) is 4.90 Å². The Morgan fingerprint density at radius 3 is 1.77 bits per heavy atom. The van der Waals surface area contributed by atoms with Crippen molar-refractivity contribution in [3.8, 4) is 0 Å². The highest BCUT2D eigenvalue weighted by Crippen LogP contribution is 2.14. The first-order valence-electron chi connectivity index (χ1n) is 4.38. The maximum absolute atomic E-state index is 9.78. The molecule has 0 aromatic heterocycles. The number of hydrogen-bond donors (Lipinski definition) is 4. The second kappa shape index (κ2) is 6.28. The van der Waals surface area contributed by atoms with E-state index in [1.165, 1.54) is 4.90 Å². The molecule has 0 saturated carbocycles. The molecular weight excluding hydrogens is 174 g/mol. The third-order valence-corrected chi connectivity index (χ3v) is 2.01. The Bertz CT molecular complexity index is 123. The van der Waals surface area contributed by atoms with Crippen LogP contribution in [0.4, 0.5) is 0 Å². The molecule has 0 aromatic rings. The molecule has 5 heteroatoms. The number of hydrogen-bond acceptors (Lipinski definition) is 5. The molecule has 5 nitrogen and oxygen atoms in total. The fourth-order valence-electron chi connectivity index (χ4n) is 1.20. The molecule has 0 rings (SSSR count). The fraction of sp³-hybridized carbons (Fsp3) is 1.00. The summed E-state index contributed by atoms with van der Waals surface area (Å²) in [4.78, 5) is 1.53. The van der Waals surface area contributed by atoms with Crippen LogP contribution in [0.2, 0.25) is 0 Å². The number of aliphatic hydroxyl groups excluding tert-OH is 3. The highest BCUT2D eigenvalue weighted by molar-refractivity contribution is 4.74. The van der Waals surface area contributed by atoms with Crippen LogP contribution in [-0.2, 0) is 0 Å². The third-order valence-electron chi connectivity index (χ3n) is 2.01. The lowest BCUT2D eigenvalue weighted by atomic mass is 10.1. The van der Waals surface area contributed by atoms with E-state index in [1.54, 1.807) is 6.92 Å². The van der Waals surface area contributed by atoms with Gasteiger partial charge in [-0.3, -0.25) is 4.90 Å². The Balaban J connectivity index is 4.13. The molecule has 13 heavy (non-hydrogen) atoms. The summed E-state index contributed by atoms with van der Waals surface area (Å²) < 4.78 is 0. The van der Waals surface area contributed by atoms with Crippen LogP contribution in [0.1, 0.15) is 13.3 Å². The molecule has 0 heterocycles. The second-order valence-corrected chi connectivity index (χ2v) is 3.12. The van der Waals surface area contributed by atoms with Gasteiger partial charge in [-0.1, -0.05) is 0 Å². The average Bonchev–Trinajstić information content (AvgIpc) is 2.04. The van der Waals surface area contributed by atoms with Gasteiger partial charge in [0.2, 0.25) is 0 Å². The van der Waals surface area contributed by atoms with E-state index >= 15 is 0 Å². The van der Waals surface area contributed by atoms with E-state index in [9.17, 15) is 5.11 Å². The van der Waals surface area contributed by atoms with Crippen molar-refractivity contribution in [3.63, 3.8) is 0 Å². The Morgan fingerprint density at radius 2 is 1.46 bits per heavy atom. The van der Waals surface area contributed by atoms with Gasteiger partial charge in [-0.2, -0.15) is 0 Å². The third kappa shape index (κ3) is 4.54. The van der Waals surface area contributed by atoms with Crippen molar-refractivity contribution in [2.24, 2.45) is 0 Å². The molecule has 0 bridgehead atoms. The van der Waals surface area contributed by atoms with Crippen molar-refractivity contribution < 1.29 is 20.4 Å². The summed E-state index contributed by atoms with van der Waals surface area (Å²) in [6.07, 6.45) is 0.201. The zero-order chi connectivity index (χ0) is 10.3. The molecule has 0 aliphatic carbocycles. The summed E-state index contributed by atoms with van der Waals surface area (Å²) in [5.74, 6) is 0. The summed E-state index contributed by atoms with van der Waals surface area (Å²) in [7, 11) is 0. The van der Waals surface area contributed by atoms with E-state index in [2.05, 4.69) is 0 Å². The largest absolute Gasteiger partial charge is 0.396 e. The van der Waals surface area contributed by atoms with Gasteiger partial charge >= 0.3 is 0 Å². The fourth-order valence-corrected chi connectivity index (χ4v) is 1.20. The minimum atomic E-state index is -1.17. The highest BCUT2D eigenvalue weighted by Gasteiger charge is 2.27. The SMILES string of the molecule is CC(O)(CCO)N(CCO)CCO. The minimum absolute atomic E-state index is 0.0818. The monoisotopic (exact) mass is 193 g/mol. The van der Waals surface area contributed by atoms with Crippen LogP contribution in [0, 0.1) is 0 Å². The van der Waals surface area contributed by atoms with E-state index < -0.39 is 5.72 Å². The topological polar surface area (TPSA) is 84.2 Å². The van der Waals surface area contributed by atoms with Gasteiger partial charge in [0.15, 0.2) is 0 Å². The summed E-state index contributed by atoms with van der Waals surface area (Å²) in [5, 5.41) is 35.9. The van der Waals surface area contributed by atoms with Gasteiger partial charge in [-0.05, 0) is 6.92 Å². The zero-order valence-corrected chi connectivity index (χ0v) is 7.98. The van der Waals surface area contributed by atoms with Gasteiger partial charge < -0.3 is 20.4 Å². The van der Waals surface area contributed by atoms with E-state index in [0.29, 0.717) is 0 Å². The average molecular weight is 193 g/mol. The van der Waals surface area contributed by atoms with E-state index in [1.807, 2.05) is 0 Å². The molecule has 80 valence electrons. The second-order valence-electron chi connectivity index (χ2n) is 3.12. The number of nitrogens with zero attached hydrogens (tertiary/aromatic N) is 1. The maximum Gasteiger partial charge on any atom is 0.118 e. The molecule has 0 saturated heterocycles. The van der Waals surface area contributed by atoms with Crippen molar-refractivity contribution in [2.75, 3.05) is 32.9 Å². The van der Waals surface area contributed by atoms with E-state index in [4.69, 9.17) is 15.3 Å². The predicted octanol–water partition coefficient (Wildman–Crippen LogP) is -1.64. The Labute approximate surface area is 78.2 Å². The van der Waals surface area contributed by atoms with Crippen LogP contribution in [-0.4, -0.2) is 64.0 Å². The molecule has 4 N–H and O–H groups in total. The molecular formula is C8H19NO4. The van der Waals surface area contributed by atoms with Crippen molar-refractivity contribution in [1.29, 1.82) is 0 Å². The number of aliphatic hydroxyl groups is 4. The van der Waals surface area contributed by atoms with Gasteiger partial charge in [0.1, 0.15) is 5.72 Å².